The third-order valence-corrected chi connectivity index (χ3v) is 0. The Balaban J connectivity index is 0. The Morgan fingerprint density at radius 1 is 1.75 bits per heavy atom. The summed E-state index contributed by atoms with van der Waals surface area (Å²) in [7, 11) is 1.71. The van der Waals surface area contributed by atoms with Gasteiger partial charge in [0.1, 0.15) is 0 Å². The molecule has 0 saturated heterocycles. The second-order valence-corrected chi connectivity index (χ2v) is 2.53. The standard InChI is InChI=1S/CH3O.ClH.Hg/c1-2;;/h1H3;1H;/q-1;;+1. The van der Waals surface area contributed by atoms with Gasteiger partial charge in [-0.05, 0) is 0 Å². The van der Waals surface area contributed by atoms with Crippen LogP contribution in [-0.2, 0) is 29.2 Å². The summed E-state index contributed by atoms with van der Waals surface area (Å²) in [6.07, 6.45) is 0. The first kappa shape index (κ1) is 8.95. The van der Waals surface area contributed by atoms with Crippen molar-refractivity contribution in [3.63, 3.8) is 0 Å². The minimum absolute atomic E-state index is 0. The number of halogens is 1. The molecule has 0 radical (unpaired) electrons. The van der Waals surface area contributed by atoms with Gasteiger partial charge in [-0.15, -0.1) is 12.4 Å². The fourth-order valence-corrected chi connectivity index (χ4v) is 0. The molecular formula is CH4ClHgO. The van der Waals surface area contributed by atoms with Crippen LogP contribution in [-0.4, -0.2) is 7.11 Å². The molecule has 3 heteroatoms. The van der Waals surface area contributed by atoms with Crippen LogP contribution in [0.25, 0.3) is 0 Å². The van der Waals surface area contributed by atoms with E-state index in [1.165, 1.54) is 0 Å². The zero-order valence-corrected chi connectivity index (χ0v) is 8.84. The molecule has 0 aliphatic rings. The van der Waals surface area contributed by atoms with Crippen LogP contribution in [0.2, 0.25) is 0 Å². The van der Waals surface area contributed by atoms with Crippen molar-refractivity contribution in [3.8, 4) is 0 Å². The Hall–Kier alpha value is 1.19. The molecule has 0 aromatic carbocycles. The molecule has 0 aromatic rings. The molecule has 0 aromatic heterocycles. The molecule has 0 aliphatic heterocycles. The predicted octanol–water partition coefficient (Wildman–Crippen LogP) is 0.516. The summed E-state index contributed by atoms with van der Waals surface area (Å²) in [5.74, 6) is 0. The van der Waals surface area contributed by atoms with Crippen LogP contribution < -0.4 is 0 Å². The molecule has 0 rings (SSSR count). The van der Waals surface area contributed by atoms with Crippen LogP contribution in [0.5, 0.6) is 0 Å². The topological polar surface area (TPSA) is 9.23 Å². The Kier molecular flexibility index (Phi) is 19.9. The van der Waals surface area contributed by atoms with Gasteiger partial charge in [-0.1, -0.05) is 0 Å². The van der Waals surface area contributed by atoms with E-state index in [4.69, 9.17) is 0 Å². The molecule has 0 bridgehead atoms. The minimum atomic E-state index is 0. The van der Waals surface area contributed by atoms with E-state index in [9.17, 15) is 0 Å². The zero-order chi connectivity index (χ0) is 2.71. The summed E-state index contributed by atoms with van der Waals surface area (Å²) in [6, 6.07) is 0. The summed E-state index contributed by atoms with van der Waals surface area (Å²) >= 11 is 0.566. The summed E-state index contributed by atoms with van der Waals surface area (Å²) < 4.78 is 4.44. The second-order valence-electron chi connectivity index (χ2n) is 0.289. The van der Waals surface area contributed by atoms with Crippen LogP contribution in [0.1, 0.15) is 0 Å². The van der Waals surface area contributed by atoms with Crippen molar-refractivity contribution in [1.82, 2.24) is 0 Å². The fourth-order valence-electron chi connectivity index (χ4n) is 0. The molecule has 0 N–H and O–H groups in total. The van der Waals surface area contributed by atoms with Crippen molar-refractivity contribution in [3.05, 3.63) is 0 Å². The Morgan fingerprint density at radius 2 is 1.75 bits per heavy atom. The van der Waals surface area contributed by atoms with Gasteiger partial charge in [0, 0.05) is 0 Å². The van der Waals surface area contributed by atoms with Gasteiger partial charge in [0.2, 0.25) is 0 Å². The van der Waals surface area contributed by atoms with Crippen LogP contribution in [0.3, 0.4) is 0 Å². The molecule has 23 valence electrons. The third-order valence-electron chi connectivity index (χ3n) is 0. The molecule has 0 spiro atoms. The fraction of sp³-hybridized carbons (Fsp3) is 1.00. The maximum absolute atomic E-state index is 4.44. The molecule has 0 fully saturated rings. The average molecular weight is 268 g/mol. The molecular weight excluding hydrogens is 264 g/mol. The van der Waals surface area contributed by atoms with Gasteiger partial charge in [0.25, 0.3) is 0 Å². The normalized spacial score (nSPS) is 4.75. The zero-order valence-electron chi connectivity index (χ0n) is 2.52. The maximum atomic E-state index is 4.44. The largest absolute Gasteiger partial charge is 0.147 e. The summed E-state index contributed by atoms with van der Waals surface area (Å²) in [5.41, 5.74) is 0. The quantitative estimate of drug-likeness (QED) is 0.582. The first-order valence-corrected chi connectivity index (χ1v) is 2.94. The molecule has 0 amide bonds. The molecule has 0 atom stereocenters. The van der Waals surface area contributed by atoms with E-state index in [0.717, 1.165) is 0 Å². The Morgan fingerprint density at radius 3 is 1.75 bits per heavy atom. The van der Waals surface area contributed by atoms with E-state index < -0.39 is 0 Å². The van der Waals surface area contributed by atoms with Crippen molar-refractivity contribution in [2.75, 3.05) is 7.11 Å². The molecule has 0 aliphatic carbocycles. The van der Waals surface area contributed by atoms with Gasteiger partial charge in [0.15, 0.2) is 0 Å². The maximum Gasteiger partial charge on any atom is -0.147 e. The van der Waals surface area contributed by atoms with Gasteiger partial charge in [-0.3, -0.25) is 0 Å². The number of hydrogen-bond acceptors (Lipinski definition) is 1. The molecule has 0 unspecified atom stereocenters. The van der Waals surface area contributed by atoms with E-state index in [0.29, 0.717) is 26.6 Å². The van der Waals surface area contributed by atoms with E-state index in [-0.39, 0.29) is 12.4 Å². The Bertz CT molecular complexity index is 8.00. The molecule has 0 saturated carbocycles. The average Bonchev–Trinajstić information content (AvgIpc) is 0.918. The van der Waals surface area contributed by atoms with Gasteiger partial charge in [0.05, 0.1) is 0 Å². The van der Waals surface area contributed by atoms with Crippen LogP contribution in [0.15, 0.2) is 0 Å². The predicted molar refractivity (Wildman–Crippen MR) is 14.3 cm³/mol. The molecule has 0 heterocycles. The third kappa shape index (κ3) is 10.8. The molecule has 1 nitrogen and oxygen atoms in total. The first-order chi connectivity index (χ1) is 1.41. The smallest absolute Gasteiger partial charge is 0.147 e. The summed E-state index contributed by atoms with van der Waals surface area (Å²) in [5, 5.41) is 0. The van der Waals surface area contributed by atoms with Crippen molar-refractivity contribution in [1.29, 1.82) is 0 Å². The van der Waals surface area contributed by atoms with Gasteiger partial charge in [-0.2, -0.15) is 0 Å². The van der Waals surface area contributed by atoms with E-state index >= 15 is 0 Å². The van der Waals surface area contributed by atoms with Crippen molar-refractivity contribution < 1.29 is 29.2 Å². The second kappa shape index (κ2) is 8.89. The Labute approximate surface area is 48.8 Å². The van der Waals surface area contributed by atoms with E-state index in [1.54, 1.807) is 7.11 Å². The number of rotatable bonds is 0. The van der Waals surface area contributed by atoms with Crippen molar-refractivity contribution in [2.45, 2.75) is 0 Å². The molecule has 4 heavy (non-hydrogen) atoms. The summed E-state index contributed by atoms with van der Waals surface area (Å²) in [4.78, 5) is 0. The van der Waals surface area contributed by atoms with Gasteiger partial charge >= 0.3 is 36.3 Å². The van der Waals surface area contributed by atoms with E-state index in [1.807, 2.05) is 0 Å². The first-order valence-electron chi connectivity index (χ1n) is 0.697. The van der Waals surface area contributed by atoms with Crippen LogP contribution in [0.4, 0.5) is 0 Å². The monoisotopic (exact) mass is 269 g/mol. The van der Waals surface area contributed by atoms with E-state index in [2.05, 4.69) is 2.64 Å². The van der Waals surface area contributed by atoms with Gasteiger partial charge in [-0.25, -0.2) is 0 Å². The minimum Gasteiger partial charge on any atom is -0.147 e. The SMILES string of the molecule is C[O][Hg].Cl. The van der Waals surface area contributed by atoms with Crippen LogP contribution >= 0.6 is 12.4 Å². The van der Waals surface area contributed by atoms with Gasteiger partial charge < -0.3 is 0 Å². The number of hydrogen-bond donors (Lipinski definition) is 0. The van der Waals surface area contributed by atoms with Crippen molar-refractivity contribution >= 4 is 12.4 Å². The van der Waals surface area contributed by atoms with Crippen LogP contribution in [0, 0.1) is 0 Å². The summed E-state index contributed by atoms with van der Waals surface area (Å²) in [6.45, 7) is 0. The van der Waals surface area contributed by atoms with Crippen molar-refractivity contribution in [2.24, 2.45) is 0 Å².